The van der Waals surface area contributed by atoms with E-state index in [1.165, 1.54) is 25.3 Å². The third-order valence-corrected chi connectivity index (χ3v) is 4.25. The van der Waals surface area contributed by atoms with Crippen LogP contribution in [0.5, 0.6) is 0 Å². The molecule has 0 aliphatic carbocycles. The van der Waals surface area contributed by atoms with Crippen LogP contribution < -0.4 is 5.32 Å². The van der Waals surface area contributed by atoms with E-state index >= 15 is 0 Å². The lowest BCUT2D eigenvalue weighted by atomic mass is 10.1. The predicted molar refractivity (Wildman–Crippen MR) is 79.2 cm³/mol. The maximum atomic E-state index is 13.3. The second kappa shape index (κ2) is 6.41. The maximum Gasteiger partial charge on any atom is 0.339 e. The Bertz CT molecular complexity index is 623. The first-order valence-corrected chi connectivity index (χ1v) is 7.15. The highest BCUT2D eigenvalue weighted by Crippen LogP contribution is 2.27. The molecule has 7 heteroatoms. The van der Waals surface area contributed by atoms with Gasteiger partial charge in [-0.05, 0) is 56.1 Å². The zero-order chi connectivity index (χ0) is 14.7. The number of benzene rings is 1. The molecule has 0 aliphatic rings. The lowest BCUT2D eigenvalue weighted by Gasteiger charge is -2.09. The molecule has 0 spiro atoms. The van der Waals surface area contributed by atoms with Crippen molar-refractivity contribution in [3.63, 3.8) is 0 Å². The smallest absolute Gasteiger partial charge is 0.339 e. The minimum absolute atomic E-state index is 0.263. The van der Waals surface area contributed by atoms with Gasteiger partial charge >= 0.3 is 5.97 Å². The molecule has 0 fully saturated rings. The van der Waals surface area contributed by atoms with Gasteiger partial charge in [-0.15, -0.1) is 0 Å². The fourth-order valence-corrected chi connectivity index (χ4v) is 2.27. The van der Waals surface area contributed by atoms with E-state index in [1.54, 1.807) is 6.07 Å². The maximum absolute atomic E-state index is 13.3. The summed E-state index contributed by atoms with van der Waals surface area (Å²) in [5, 5.41) is 2.95. The van der Waals surface area contributed by atoms with Gasteiger partial charge < -0.3 is 14.5 Å². The zero-order valence-corrected chi connectivity index (χ0v) is 13.5. The van der Waals surface area contributed by atoms with Crippen LogP contribution in [0, 0.1) is 5.82 Å². The Morgan fingerprint density at radius 1 is 1.40 bits per heavy atom. The highest BCUT2D eigenvalue weighted by atomic mass is 79.9. The first-order chi connectivity index (χ1) is 9.51. The summed E-state index contributed by atoms with van der Waals surface area (Å²) in [7, 11) is 1.27. The zero-order valence-electron chi connectivity index (χ0n) is 10.4. The van der Waals surface area contributed by atoms with E-state index in [2.05, 4.69) is 41.9 Å². The largest absolute Gasteiger partial charge is 0.465 e. The van der Waals surface area contributed by atoms with Gasteiger partial charge in [-0.3, -0.25) is 0 Å². The summed E-state index contributed by atoms with van der Waals surface area (Å²) >= 11 is 6.53. The lowest BCUT2D eigenvalue weighted by Crippen LogP contribution is -2.08. The number of ether oxygens (including phenoxy) is 1. The van der Waals surface area contributed by atoms with Crippen LogP contribution in [0.1, 0.15) is 16.1 Å². The number of halogens is 3. The van der Waals surface area contributed by atoms with Crippen molar-refractivity contribution >= 4 is 43.5 Å². The molecule has 0 saturated carbocycles. The monoisotopic (exact) mass is 405 g/mol. The Morgan fingerprint density at radius 3 is 2.75 bits per heavy atom. The van der Waals surface area contributed by atoms with Crippen LogP contribution in [0.25, 0.3) is 0 Å². The summed E-state index contributed by atoms with van der Waals surface area (Å²) in [5.41, 5.74) is 0.610. The number of hydrogen-bond donors (Lipinski definition) is 1. The molecule has 0 bridgehead atoms. The van der Waals surface area contributed by atoms with Gasteiger partial charge in [0.05, 0.1) is 29.4 Å². The Hall–Kier alpha value is -1.34. The Morgan fingerprint density at radius 2 is 2.15 bits per heavy atom. The van der Waals surface area contributed by atoms with Gasteiger partial charge in [-0.25, -0.2) is 9.18 Å². The molecular formula is C13H10Br2FNO3. The molecular weight excluding hydrogens is 397 g/mol. The molecule has 0 saturated heterocycles. The standard InChI is InChI=1S/C13H10Br2FNO3/c1-19-13(18)9-3-2-7(16)4-11(9)17-6-8-5-10(14)12(15)20-8/h2-5,17H,6H2,1H3. The Balaban J connectivity index is 2.19. The normalized spacial score (nSPS) is 10.4. The first kappa shape index (κ1) is 15.1. The van der Waals surface area contributed by atoms with Crippen molar-refractivity contribution in [1.82, 2.24) is 0 Å². The van der Waals surface area contributed by atoms with Crippen LogP contribution >= 0.6 is 31.9 Å². The minimum atomic E-state index is -0.533. The van der Waals surface area contributed by atoms with Gasteiger partial charge in [0.25, 0.3) is 0 Å². The summed E-state index contributed by atoms with van der Waals surface area (Å²) in [5.74, 6) is -0.347. The minimum Gasteiger partial charge on any atom is -0.465 e. The number of hydrogen-bond acceptors (Lipinski definition) is 4. The van der Waals surface area contributed by atoms with Crippen molar-refractivity contribution in [2.75, 3.05) is 12.4 Å². The number of carbonyl (C=O) groups excluding carboxylic acids is 1. The molecule has 106 valence electrons. The molecule has 0 aliphatic heterocycles. The predicted octanol–water partition coefficient (Wildman–Crippen LogP) is 4.34. The van der Waals surface area contributed by atoms with Gasteiger partial charge in [-0.2, -0.15) is 0 Å². The fourth-order valence-electron chi connectivity index (χ4n) is 1.61. The van der Waals surface area contributed by atoms with Gasteiger partial charge in [0.2, 0.25) is 0 Å². The van der Waals surface area contributed by atoms with Crippen LogP contribution in [0.3, 0.4) is 0 Å². The summed E-state index contributed by atoms with van der Waals surface area (Å²) in [4.78, 5) is 11.6. The van der Waals surface area contributed by atoms with Crippen molar-refractivity contribution in [1.29, 1.82) is 0 Å². The molecule has 0 radical (unpaired) electrons. The summed E-state index contributed by atoms with van der Waals surface area (Å²) < 4.78 is 24.7. The van der Waals surface area contributed by atoms with Gasteiger partial charge in [-0.1, -0.05) is 0 Å². The summed E-state index contributed by atoms with van der Waals surface area (Å²) in [6.07, 6.45) is 0. The summed E-state index contributed by atoms with van der Waals surface area (Å²) in [6.45, 7) is 0.303. The van der Waals surface area contributed by atoms with Crippen molar-refractivity contribution < 1.29 is 18.3 Å². The quantitative estimate of drug-likeness (QED) is 0.767. The summed E-state index contributed by atoms with van der Waals surface area (Å²) in [6, 6.07) is 5.59. The third-order valence-electron chi connectivity index (χ3n) is 2.54. The van der Waals surface area contributed by atoms with Crippen LogP contribution in [-0.2, 0) is 11.3 Å². The van der Waals surface area contributed by atoms with Crippen LogP contribution in [0.2, 0.25) is 0 Å². The van der Waals surface area contributed by atoms with Gasteiger partial charge in [0.1, 0.15) is 11.6 Å². The number of esters is 1. The van der Waals surface area contributed by atoms with E-state index in [1.807, 2.05) is 0 Å². The average molecular weight is 407 g/mol. The SMILES string of the molecule is COC(=O)c1ccc(F)cc1NCc1cc(Br)c(Br)o1. The number of carbonyl (C=O) groups is 1. The van der Waals surface area contributed by atoms with Crippen molar-refractivity contribution in [3.8, 4) is 0 Å². The molecule has 1 heterocycles. The van der Waals surface area contributed by atoms with E-state index in [9.17, 15) is 9.18 Å². The van der Waals surface area contributed by atoms with Crippen LogP contribution in [0.15, 0.2) is 37.8 Å². The van der Waals surface area contributed by atoms with E-state index < -0.39 is 11.8 Å². The molecule has 2 aromatic rings. The second-order valence-corrected chi connectivity index (χ2v) is 5.44. The average Bonchev–Trinajstić information content (AvgIpc) is 2.75. The first-order valence-electron chi connectivity index (χ1n) is 5.56. The number of methoxy groups -OCH3 is 1. The third kappa shape index (κ3) is 3.40. The van der Waals surface area contributed by atoms with E-state index in [-0.39, 0.29) is 5.56 Å². The fraction of sp³-hybridized carbons (Fsp3) is 0.154. The van der Waals surface area contributed by atoms with Gasteiger partial charge in [0, 0.05) is 0 Å². The highest BCUT2D eigenvalue weighted by molar-refractivity contribution is 9.13. The topological polar surface area (TPSA) is 51.5 Å². The van der Waals surface area contributed by atoms with E-state index in [4.69, 9.17) is 4.42 Å². The molecule has 0 amide bonds. The van der Waals surface area contributed by atoms with E-state index in [0.29, 0.717) is 22.7 Å². The Labute approximate surface area is 131 Å². The molecule has 4 nitrogen and oxygen atoms in total. The number of furan rings is 1. The van der Waals surface area contributed by atoms with Crippen LogP contribution in [0.4, 0.5) is 10.1 Å². The number of anilines is 1. The van der Waals surface area contributed by atoms with Crippen molar-refractivity contribution in [2.24, 2.45) is 0 Å². The number of nitrogens with one attached hydrogen (secondary N) is 1. The molecule has 1 aromatic heterocycles. The lowest BCUT2D eigenvalue weighted by molar-refractivity contribution is 0.0601. The van der Waals surface area contributed by atoms with E-state index in [0.717, 1.165) is 4.47 Å². The molecule has 2 rings (SSSR count). The number of rotatable bonds is 4. The molecule has 1 aromatic carbocycles. The van der Waals surface area contributed by atoms with Crippen molar-refractivity contribution in [3.05, 3.63) is 50.5 Å². The Kier molecular flexibility index (Phi) is 4.82. The van der Waals surface area contributed by atoms with Gasteiger partial charge in [0.15, 0.2) is 4.67 Å². The molecule has 20 heavy (non-hydrogen) atoms. The van der Waals surface area contributed by atoms with Crippen molar-refractivity contribution in [2.45, 2.75) is 6.54 Å². The molecule has 0 unspecified atom stereocenters. The van der Waals surface area contributed by atoms with Crippen LogP contribution in [-0.4, -0.2) is 13.1 Å². The highest BCUT2D eigenvalue weighted by Gasteiger charge is 2.13. The second-order valence-electron chi connectivity index (χ2n) is 3.87. The molecule has 1 N–H and O–H groups in total. The molecule has 0 atom stereocenters.